The number of hydrogen-bond acceptors (Lipinski definition) is 2. The first-order chi connectivity index (χ1) is 13.1. The Labute approximate surface area is 166 Å². The summed E-state index contributed by atoms with van der Waals surface area (Å²) in [5.74, 6) is 2.18. The SMILES string of the molecule is CCCCC(=O)NC1CCC(CC2CCC(NC(=O)CCCC)CC2)CC1. The zero-order valence-electron chi connectivity index (χ0n) is 17.7. The molecule has 2 aliphatic rings. The summed E-state index contributed by atoms with van der Waals surface area (Å²) in [7, 11) is 0. The molecule has 0 unspecified atom stereocenters. The smallest absolute Gasteiger partial charge is 0.220 e. The maximum Gasteiger partial charge on any atom is 0.220 e. The standard InChI is InChI=1S/C23H42N2O2/c1-3-5-7-22(26)24-20-13-9-18(10-14-20)17-19-11-15-21(16-12-19)25-23(27)8-6-4-2/h18-21H,3-17H2,1-2H3,(H,24,26)(H,25,27). The van der Waals surface area contributed by atoms with Gasteiger partial charge in [0, 0.05) is 24.9 Å². The lowest BCUT2D eigenvalue weighted by molar-refractivity contribution is -0.123. The first-order valence-electron chi connectivity index (χ1n) is 11.7. The lowest BCUT2D eigenvalue weighted by Crippen LogP contribution is -2.39. The third-order valence-corrected chi connectivity index (χ3v) is 6.61. The van der Waals surface area contributed by atoms with Crippen molar-refractivity contribution < 1.29 is 9.59 Å². The number of rotatable bonds is 10. The minimum absolute atomic E-state index is 0.250. The Hall–Kier alpha value is -1.06. The van der Waals surface area contributed by atoms with Gasteiger partial charge in [0.15, 0.2) is 0 Å². The van der Waals surface area contributed by atoms with E-state index in [4.69, 9.17) is 0 Å². The molecule has 0 radical (unpaired) electrons. The van der Waals surface area contributed by atoms with Gasteiger partial charge in [-0.3, -0.25) is 9.59 Å². The van der Waals surface area contributed by atoms with Crippen molar-refractivity contribution in [2.24, 2.45) is 11.8 Å². The minimum atomic E-state index is 0.250. The topological polar surface area (TPSA) is 58.2 Å². The summed E-state index contributed by atoms with van der Waals surface area (Å²) in [6.45, 7) is 4.26. The van der Waals surface area contributed by atoms with E-state index < -0.39 is 0 Å². The molecule has 0 aromatic carbocycles. The molecule has 27 heavy (non-hydrogen) atoms. The highest BCUT2D eigenvalue weighted by molar-refractivity contribution is 5.76. The van der Waals surface area contributed by atoms with E-state index >= 15 is 0 Å². The van der Waals surface area contributed by atoms with Crippen LogP contribution in [0.5, 0.6) is 0 Å². The summed E-state index contributed by atoms with van der Waals surface area (Å²) in [6.07, 6.45) is 16.6. The second-order valence-electron chi connectivity index (χ2n) is 9.01. The quantitative estimate of drug-likeness (QED) is 0.555. The number of carbonyl (C=O) groups excluding carboxylic acids is 2. The third-order valence-electron chi connectivity index (χ3n) is 6.61. The highest BCUT2D eigenvalue weighted by Crippen LogP contribution is 2.35. The predicted octanol–water partition coefficient (Wildman–Crippen LogP) is 5.11. The lowest BCUT2D eigenvalue weighted by atomic mass is 9.75. The predicted molar refractivity (Wildman–Crippen MR) is 111 cm³/mol. The van der Waals surface area contributed by atoms with Crippen LogP contribution in [0, 0.1) is 11.8 Å². The summed E-state index contributed by atoms with van der Waals surface area (Å²) in [4.78, 5) is 23.8. The molecule has 4 nitrogen and oxygen atoms in total. The Morgan fingerprint density at radius 1 is 0.667 bits per heavy atom. The van der Waals surface area contributed by atoms with Gasteiger partial charge >= 0.3 is 0 Å². The molecule has 156 valence electrons. The first kappa shape index (κ1) is 22.2. The molecule has 0 heterocycles. The van der Waals surface area contributed by atoms with Gasteiger partial charge in [0.2, 0.25) is 11.8 Å². The van der Waals surface area contributed by atoms with Crippen LogP contribution in [-0.2, 0) is 9.59 Å². The molecule has 0 aromatic rings. The first-order valence-corrected chi connectivity index (χ1v) is 11.7. The fourth-order valence-corrected chi connectivity index (χ4v) is 4.83. The van der Waals surface area contributed by atoms with Crippen LogP contribution in [0.3, 0.4) is 0 Å². The average Bonchev–Trinajstić information content (AvgIpc) is 2.68. The number of carbonyl (C=O) groups is 2. The largest absolute Gasteiger partial charge is 0.353 e. The normalized spacial score (nSPS) is 28.5. The van der Waals surface area contributed by atoms with E-state index in [1.54, 1.807) is 0 Å². The summed E-state index contributed by atoms with van der Waals surface area (Å²) < 4.78 is 0. The molecule has 2 amide bonds. The van der Waals surface area contributed by atoms with Gasteiger partial charge in [-0.2, -0.15) is 0 Å². The van der Waals surface area contributed by atoms with Crippen LogP contribution in [-0.4, -0.2) is 23.9 Å². The molecular formula is C23H42N2O2. The fourth-order valence-electron chi connectivity index (χ4n) is 4.83. The summed E-state index contributed by atoms with van der Waals surface area (Å²) in [5, 5.41) is 6.47. The molecule has 4 heteroatoms. The molecule has 2 rings (SSSR count). The molecule has 2 saturated carbocycles. The van der Waals surface area contributed by atoms with Crippen molar-refractivity contribution in [3.05, 3.63) is 0 Å². The highest BCUT2D eigenvalue weighted by Gasteiger charge is 2.27. The van der Waals surface area contributed by atoms with Crippen molar-refractivity contribution in [3.63, 3.8) is 0 Å². The molecule has 0 aliphatic heterocycles. The summed E-state index contributed by atoms with van der Waals surface area (Å²) in [5.41, 5.74) is 0. The van der Waals surface area contributed by atoms with Crippen LogP contribution in [0.1, 0.15) is 110 Å². The van der Waals surface area contributed by atoms with Crippen molar-refractivity contribution in [1.29, 1.82) is 0 Å². The Kier molecular flexibility index (Phi) is 10.2. The molecule has 2 aliphatic carbocycles. The molecule has 2 fully saturated rings. The van der Waals surface area contributed by atoms with Crippen molar-refractivity contribution in [2.45, 2.75) is 122 Å². The molecule has 2 N–H and O–H groups in total. The highest BCUT2D eigenvalue weighted by atomic mass is 16.2. The fraction of sp³-hybridized carbons (Fsp3) is 0.913. The molecule has 0 saturated heterocycles. The molecular weight excluding hydrogens is 336 g/mol. The average molecular weight is 379 g/mol. The Bertz CT molecular complexity index is 396. The van der Waals surface area contributed by atoms with E-state index in [1.165, 1.54) is 32.1 Å². The second kappa shape index (κ2) is 12.4. The molecule has 0 spiro atoms. The van der Waals surface area contributed by atoms with Gasteiger partial charge in [-0.05, 0) is 82.5 Å². The van der Waals surface area contributed by atoms with E-state index in [2.05, 4.69) is 24.5 Å². The van der Waals surface area contributed by atoms with Gasteiger partial charge in [-0.15, -0.1) is 0 Å². The van der Waals surface area contributed by atoms with Crippen LogP contribution in [0.4, 0.5) is 0 Å². The van der Waals surface area contributed by atoms with Crippen molar-refractivity contribution in [2.75, 3.05) is 0 Å². The maximum absolute atomic E-state index is 11.9. The second-order valence-corrected chi connectivity index (χ2v) is 9.01. The van der Waals surface area contributed by atoms with Crippen LogP contribution < -0.4 is 10.6 Å². The van der Waals surface area contributed by atoms with Gasteiger partial charge in [0.1, 0.15) is 0 Å². The minimum Gasteiger partial charge on any atom is -0.353 e. The van der Waals surface area contributed by atoms with Crippen LogP contribution in [0.2, 0.25) is 0 Å². The maximum atomic E-state index is 11.9. The van der Waals surface area contributed by atoms with Gasteiger partial charge in [-0.1, -0.05) is 26.7 Å². The van der Waals surface area contributed by atoms with Crippen molar-refractivity contribution >= 4 is 11.8 Å². The van der Waals surface area contributed by atoms with E-state index in [0.717, 1.165) is 63.2 Å². The van der Waals surface area contributed by atoms with Crippen molar-refractivity contribution in [1.82, 2.24) is 10.6 Å². The number of hydrogen-bond donors (Lipinski definition) is 2. The zero-order valence-corrected chi connectivity index (χ0v) is 17.7. The number of nitrogens with one attached hydrogen (secondary N) is 2. The monoisotopic (exact) mass is 378 g/mol. The molecule has 0 aromatic heterocycles. The van der Waals surface area contributed by atoms with Crippen LogP contribution in [0.25, 0.3) is 0 Å². The lowest BCUT2D eigenvalue weighted by Gasteiger charge is -2.34. The Morgan fingerprint density at radius 2 is 1.04 bits per heavy atom. The Morgan fingerprint density at radius 3 is 1.37 bits per heavy atom. The van der Waals surface area contributed by atoms with Gasteiger partial charge < -0.3 is 10.6 Å². The van der Waals surface area contributed by atoms with Crippen molar-refractivity contribution in [3.8, 4) is 0 Å². The van der Waals surface area contributed by atoms with E-state index in [1.807, 2.05) is 0 Å². The van der Waals surface area contributed by atoms with Gasteiger partial charge in [0.25, 0.3) is 0 Å². The van der Waals surface area contributed by atoms with E-state index in [9.17, 15) is 9.59 Å². The van der Waals surface area contributed by atoms with Crippen LogP contribution >= 0.6 is 0 Å². The zero-order chi connectivity index (χ0) is 19.5. The molecule has 0 atom stereocenters. The third kappa shape index (κ3) is 8.66. The van der Waals surface area contributed by atoms with Gasteiger partial charge in [-0.25, -0.2) is 0 Å². The summed E-state index contributed by atoms with van der Waals surface area (Å²) in [6, 6.07) is 0.833. The van der Waals surface area contributed by atoms with E-state index in [-0.39, 0.29) is 11.8 Å². The number of amides is 2. The van der Waals surface area contributed by atoms with E-state index in [0.29, 0.717) is 24.9 Å². The van der Waals surface area contributed by atoms with Gasteiger partial charge in [0.05, 0.1) is 0 Å². The molecule has 0 bridgehead atoms. The summed E-state index contributed by atoms with van der Waals surface area (Å²) >= 11 is 0. The van der Waals surface area contributed by atoms with Crippen LogP contribution in [0.15, 0.2) is 0 Å². The number of unbranched alkanes of at least 4 members (excludes halogenated alkanes) is 2. The Balaban J connectivity index is 1.57.